The van der Waals surface area contributed by atoms with E-state index in [1.165, 1.54) is 11.1 Å². The monoisotopic (exact) mass is 458 g/mol. The Morgan fingerprint density at radius 3 is 2.38 bits per heavy atom. The van der Waals surface area contributed by atoms with Crippen LogP contribution in [0.3, 0.4) is 0 Å². The molecule has 9 heteroatoms. The van der Waals surface area contributed by atoms with E-state index in [4.69, 9.17) is 9.47 Å². The zero-order chi connectivity index (χ0) is 23.9. The molecule has 1 heterocycles. The Balaban J connectivity index is 1.58. The number of likely N-dealkylation sites (N-methyl/N-ethyl adjacent to an activating group) is 1. The molecule has 1 N–H and O–H groups in total. The fourth-order valence-electron chi connectivity index (χ4n) is 3.29. The molecule has 1 amide bonds. The van der Waals surface area contributed by atoms with Gasteiger partial charge in [0.1, 0.15) is 18.1 Å². The van der Waals surface area contributed by atoms with Gasteiger partial charge in [0.05, 0.1) is 18.4 Å². The smallest absolute Gasteiger partial charge is 0.259 e. The lowest BCUT2D eigenvalue weighted by Crippen LogP contribution is -2.21. The molecule has 0 unspecified atom stereocenters. The third-order valence-corrected chi connectivity index (χ3v) is 5.15. The van der Waals surface area contributed by atoms with Crippen LogP contribution in [0, 0.1) is 0 Å². The molecule has 34 heavy (non-hydrogen) atoms. The van der Waals surface area contributed by atoms with E-state index >= 15 is 0 Å². The van der Waals surface area contributed by atoms with Gasteiger partial charge in [0.15, 0.2) is 6.33 Å². The third kappa shape index (κ3) is 5.57. The number of aromatic nitrogens is 4. The van der Waals surface area contributed by atoms with Gasteiger partial charge in [0.25, 0.3) is 5.91 Å². The Morgan fingerprint density at radius 2 is 1.74 bits per heavy atom. The number of hydrogen-bond donors (Lipinski definition) is 1. The third-order valence-electron chi connectivity index (χ3n) is 5.15. The Labute approximate surface area is 197 Å². The maximum absolute atomic E-state index is 13.1. The molecule has 0 saturated heterocycles. The first-order valence-electron chi connectivity index (χ1n) is 10.7. The molecule has 0 aliphatic heterocycles. The molecule has 0 bridgehead atoms. The number of nitrogens with one attached hydrogen (secondary N) is 1. The summed E-state index contributed by atoms with van der Waals surface area (Å²) in [6.07, 6.45) is 1.39. The molecule has 0 atom stereocenters. The summed E-state index contributed by atoms with van der Waals surface area (Å²) in [6.45, 7) is 1.18. The Kier molecular flexibility index (Phi) is 7.14. The van der Waals surface area contributed by atoms with Crippen LogP contribution in [-0.2, 0) is 0 Å². The van der Waals surface area contributed by atoms with Gasteiger partial charge >= 0.3 is 0 Å². The lowest BCUT2D eigenvalue weighted by atomic mass is 10.0. The predicted molar refractivity (Wildman–Crippen MR) is 130 cm³/mol. The van der Waals surface area contributed by atoms with Gasteiger partial charge in [-0.15, -0.1) is 15.0 Å². The van der Waals surface area contributed by atoms with Crippen LogP contribution in [0.4, 0.5) is 5.69 Å². The summed E-state index contributed by atoms with van der Waals surface area (Å²) >= 11 is 0. The summed E-state index contributed by atoms with van der Waals surface area (Å²) in [7, 11) is 5.55. The summed E-state index contributed by atoms with van der Waals surface area (Å²) in [5.41, 5.74) is 3.84. The molecule has 0 spiro atoms. The highest BCUT2D eigenvalue weighted by atomic mass is 16.5. The average Bonchev–Trinajstić information content (AvgIpc) is 3.39. The van der Waals surface area contributed by atoms with E-state index in [0.29, 0.717) is 23.6 Å². The number of carbonyl (C=O) groups is 1. The molecule has 4 rings (SSSR count). The van der Waals surface area contributed by atoms with Gasteiger partial charge in [-0.1, -0.05) is 18.2 Å². The first-order chi connectivity index (χ1) is 16.5. The molecule has 4 aromatic rings. The maximum Gasteiger partial charge on any atom is 0.259 e. The molecule has 0 saturated carbocycles. The Bertz CT molecular complexity index is 1220. The van der Waals surface area contributed by atoms with Crippen LogP contribution in [0.15, 0.2) is 73.1 Å². The Hall–Kier alpha value is -4.24. The van der Waals surface area contributed by atoms with E-state index < -0.39 is 0 Å². The van der Waals surface area contributed by atoms with Crippen LogP contribution >= 0.6 is 0 Å². The highest BCUT2D eigenvalue weighted by Gasteiger charge is 2.15. The normalized spacial score (nSPS) is 10.8. The number of carbonyl (C=O) groups excluding carboxylic acids is 1. The molecule has 0 aliphatic carbocycles. The van der Waals surface area contributed by atoms with Gasteiger partial charge in [0, 0.05) is 12.2 Å². The van der Waals surface area contributed by atoms with Crippen molar-refractivity contribution in [3.63, 3.8) is 0 Å². The zero-order valence-corrected chi connectivity index (χ0v) is 19.3. The summed E-state index contributed by atoms with van der Waals surface area (Å²) in [5, 5.41) is 14.6. The number of amides is 1. The van der Waals surface area contributed by atoms with Crippen LogP contribution in [0.1, 0.15) is 10.4 Å². The highest BCUT2D eigenvalue weighted by molar-refractivity contribution is 6.06. The van der Waals surface area contributed by atoms with Crippen molar-refractivity contribution in [2.45, 2.75) is 0 Å². The fourth-order valence-corrected chi connectivity index (χ4v) is 3.29. The minimum atomic E-state index is -0.246. The van der Waals surface area contributed by atoms with Crippen molar-refractivity contribution in [1.29, 1.82) is 0 Å². The number of nitrogens with zero attached hydrogens (tertiary/aromatic N) is 5. The number of tetrazole rings is 1. The molecular formula is C25H26N6O3. The number of hydrogen-bond acceptors (Lipinski definition) is 7. The second-order valence-electron chi connectivity index (χ2n) is 7.82. The summed E-state index contributed by atoms with van der Waals surface area (Å²) < 4.78 is 11.2. The van der Waals surface area contributed by atoms with Gasteiger partial charge < -0.3 is 19.7 Å². The standard InChI is InChI=1S/C25H26N6O3/c1-30(2)14-15-34-24-16-19(18-4-9-21(10-5-18)31-27-17-26-29-31)6-13-23(24)25(32)28-20-7-11-22(33-3)12-8-20/h4-13,16-17H,14-15H2,1-3H3,(H,28,32). The lowest BCUT2D eigenvalue weighted by molar-refractivity contribution is 0.102. The van der Waals surface area contributed by atoms with Crippen molar-refractivity contribution >= 4 is 11.6 Å². The fraction of sp³-hybridized carbons (Fsp3) is 0.200. The minimum Gasteiger partial charge on any atom is -0.497 e. The van der Waals surface area contributed by atoms with E-state index in [0.717, 1.165) is 29.1 Å². The summed E-state index contributed by atoms with van der Waals surface area (Å²) in [6, 6.07) is 20.5. The quantitative estimate of drug-likeness (QED) is 0.410. The van der Waals surface area contributed by atoms with Crippen LogP contribution < -0.4 is 14.8 Å². The summed E-state index contributed by atoms with van der Waals surface area (Å²) in [5.74, 6) is 0.997. The van der Waals surface area contributed by atoms with Crippen LogP contribution in [-0.4, -0.2) is 65.4 Å². The zero-order valence-electron chi connectivity index (χ0n) is 19.3. The number of anilines is 1. The van der Waals surface area contributed by atoms with Gasteiger partial charge in [-0.2, -0.15) is 0 Å². The van der Waals surface area contributed by atoms with E-state index in [1.54, 1.807) is 37.4 Å². The van der Waals surface area contributed by atoms with Crippen molar-refractivity contribution in [2.75, 3.05) is 39.7 Å². The van der Waals surface area contributed by atoms with Gasteiger partial charge in [-0.05, 0) is 79.0 Å². The van der Waals surface area contributed by atoms with Gasteiger partial charge in [-0.3, -0.25) is 4.79 Å². The molecular weight excluding hydrogens is 432 g/mol. The number of benzene rings is 3. The Morgan fingerprint density at radius 1 is 1.00 bits per heavy atom. The molecule has 1 aromatic heterocycles. The van der Waals surface area contributed by atoms with Crippen molar-refractivity contribution < 1.29 is 14.3 Å². The van der Waals surface area contributed by atoms with E-state index in [2.05, 4.69) is 20.7 Å². The molecule has 0 aliphatic rings. The predicted octanol–water partition coefficient (Wildman–Crippen LogP) is 3.53. The van der Waals surface area contributed by atoms with Crippen molar-refractivity contribution in [2.24, 2.45) is 0 Å². The number of rotatable bonds is 9. The highest BCUT2D eigenvalue weighted by Crippen LogP contribution is 2.29. The van der Waals surface area contributed by atoms with E-state index in [-0.39, 0.29) is 5.91 Å². The largest absolute Gasteiger partial charge is 0.497 e. The second-order valence-corrected chi connectivity index (χ2v) is 7.82. The summed E-state index contributed by atoms with van der Waals surface area (Å²) in [4.78, 5) is 16.5. The lowest BCUT2D eigenvalue weighted by Gasteiger charge is -2.16. The molecule has 9 nitrogen and oxygen atoms in total. The first-order valence-corrected chi connectivity index (χ1v) is 10.7. The van der Waals surface area contributed by atoms with Crippen LogP contribution in [0.2, 0.25) is 0 Å². The molecule has 3 aromatic carbocycles. The van der Waals surface area contributed by atoms with Crippen molar-refractivity contribution in [1.82, 2.24) is 25.1 Å². The average molecular weight is 459 g/mol. The van der Waals surface area contributed by atoms with E-state index in [1.807, 2.05) is 55.4 Å². The number of ether oxygens (including phenoxy) is 2. The molecule has 174 valence electrons. The number of methoxy groups -OCH3 is 1. The first kappa shape index (κ1) is 22.9. The van der Waals surface area contributed by atoms with Gasteiger partial charge in [-0.25, -0.2) is 0 Å². The van der Waals surface area contributed by atoms with E-state index in [9.17, 15) is 4.79 Å². The minimum absolute atomic E-state index is 0.246. The maximum atomic E-state index is 13.1. The van der Waals surface area contributed by atoms with Gasteiger partial charge in [0.2, 0.25) is 0 Å². The van der Waals surface area contributed by atoms with Crippen LogP contribution in [0.5, 0.6) is 11.5 Å². The van der Waals surface area contributed by atoms with Crippen molar-refractivity contribution in [3.8, 4) is 28.3 Å². The topological polar surface area (TPSA) is 94.4 Å². The second kappa shape index (κ2) is 10.6. The van der Waals surface area contributed by atoms with Crippen molar-refractivity contribution in [3.05, 3.63) is 78.6 Å². The molecule has 0 fully saturated rings. The SMILES string of the molecule is COc1ccc(NC(=O)c2ccc(-c3ccc(-n4ncnn4)cc3)cc2OCCN(C)C)cc1. The molecule has 0 radical (unpaired) electrons. The van der Waals surface area contributed by atoms with Crippen LogP contribution in [0.25, 0.3) is 16.8 Å².